The number of nitrogens with zero attached hydrogens (tertiary/aromatic N) is 2. The fourth-order valence-corrected chi connectivity index (χ4v) is 3.42. The Hall–Kier alpha value is -0.380. The van der Waals surface area contributed by atoms with Crippen molar-refractivity contribution in [3.63, 3.8) is 0 Å². The molecule has 1 aromatic heterocycles. The van der Waals surface area contributed by atoms with Crippen LogP contribution in [0.3, 0.4) is 0 Å². The lowest BCUT2D eigenvalue weighted by Crippen LogP contribution is -2.35. The zero-order valence-electron chi connectivity index (χ0n) is 9.46. The van der Waals surface area contributed by atoms with Crippen molar-refractivity contribution >= 4 is 24.0 Å². The summed E-state index contributed by atoms with van der Waals surface area (Å²) in [6.45, 7) is 2.30. The molecular formula is C12H15Cl2FN2. The molecule has 3 rings (SSSR count). The van der Waals surface area contributed by atoms with E-state index >= 15 is 0 Å². The van der Waals surface area contributed by atoms with Gasteiger partial charge in [0.25, 0.3) is 0 Å². The van der Waals surface area contributed by atoms with Crippen molar-refractivity contribution in [2.75, 3.05) is 13.1 Å². The molecule has 2 saturated heterocycles. The smallest absolute Gasteiger partial charge is 0.231 e. The molecule has 17 heavy (non-hydrogen) atoms. The van der Waals surface area contributed by atoms with Gasteiger partial charge in [-0.3, -0.25) is 4.90 Å². The van der Waals surface area contributed by atoms with Gasteiger partial charge >= 0.3 is 0 Å². The summed E-state index contributed by atoms with van der Waals surface area (Å²) in [4.78, 5) is 6.25. The number of hydrogen-bond acceptors (Lipinski definition) is 2. The van der Waals surface area contributed by atoms with Gasteiger partial charge in [0.15, 0.2) is 0 Å². The first-order valence-electron chi connectivity index (χ1n) is 5.79. The number of rotatable bonds is 1. The van der Waals surface area contributed by atoms with Crippen LogP contribution in [0.5, 0.6) is 0 Å². The summed E-state index contributed by atoms with van der Waals surface area (Å²) in [5, 5.41) is 0.144. The molecule has 0 amide bonds. The van der Waals surface area contributed by atoms with Crippen LogP contribution in [0.2, 0.25) is 5.02 Å². The molecule has 2 fully saturated rings. The largest absolute Gasteiger partial charge is 0.294 e. The van der Waals surface area contributed by atoms with Gasteiger partial charge in [-0.1, -0.05) is 11.6 Å². The number of aromatic nitrogens is 1. The molecule has 0 atom stereocenters. The molecule has 0 unspecified atom stereocenters. The Bertz CT molecular complexity index is 415. The minimum absolute atomic E-state index is 0. The number of pyridine rings is 1. The van der Waals surface area contributed by atoms with E-state index in [1.807, 2.05) is 0 Å². The summed E-state index contributed by atoms with van der Waals surface area (Å²) in [6.07, 6.45) is 6.39. The van der Waals surface area contributed by atoms with E-state index in [1.54, 1.807) is 12.3 Å². The highest BCUT2D eigenvalue weighted by Gasteiger charge is 2.45. The molecule has 0 saturated carbocycles. The Balaban J connectivity index is 0.00000108. The summed E-state index contributed by atoms with van der Waals surface area (Å²) >= 11 is 5.82. The third-order valence-electron chi connectivity index (χ3n) is 3.98. The van der Waals surface area contributed by atoms with Crippen molar-refractivity contribution < 1.29 is 4.39 Å². The van der Waals surface area contributed by atoms with Crippen molar-refractivity contribution in [3.05, 3.63) is 28.8 Å². The first-order valence-corrected chi connectivity index (χ1v) is 6.17. The molecule has 0 aromatic carbocycles. The molecule has 0 bridgehead atoms. The second-order valence-electron chi connectivity index (χ2n) is 4.72. The molecule has 3 heterocycles. The van der Waals surface area contributed by atoms with Gasteiger partial charge in [0, 0.05) is 11.7 Å². The standard InChI is InChI=1S/C12H14ClFN2.ClH/c13-10-7-9(8-15-11(10)14)12-3-1-5-16(12)6-2-4-12;/h7-8H,1-6H2;1H. The SMILES string of the molecule is Cl.Fc1ncc(C23CCCN2CCC3)cc1Cl. The maximum absolute atomic E-state index is 13.1. The Kier molecular flexibility index (Phi) is 3.62. The van der Waals surface area contributed by atoms with E-state index in [-0.39, 0.29) is 23.0 Å². The minimum atomic E-state index is -0.565. The summed E-state index contributed by atoms with van der Waals surface area (Å²) in [5.74, 6) is -0.565. The molecule has 2 aliphatic rings. The van der Waals surface area contributed by atoms with Gasteiger partial charge in [-0.25, -0.2) is 4.98 Å². The summed E-state index contributed by atoms with van der Waals surface area (Å²) in [5.41, 5.74) is 1.19. The highest BCUT2D eigenvalue weighted by molar-refractivity contribution is 6.30. The maximum Gasteiger partial charge on any atom is 0.231 e. The third kappa shape index (κ3) is 1.94. The normalized spacial score (nSPS) is 22.2. The second-order valence-corrected chi connectivity index (χ2v) is 5.13. The number of hydrogen-bond donors (Lipinski definition) is 0. The van der Waals surface area contributed by atoms with Crippen LogP contribution in [0.25, 0.3) is 0 Å². The molecule has 2 aliphatic heterocycles. The average Bonchev–Trinajstić information content (AvgIpc) is 2.81. The number of fused-ring (bicyclic) bond motifs is 1. The fraction of sp³-hybridized carbons (Fsp3) is 0.583. The van der Waals surface area contributed by atoms with E-state index in [2.05, 4.69) is 9.88 Å². The zero-order chi connectivity index (χ0) is 11.2. The van der Waals surface area contributed by atoms with Crippen molar-refractivity contribution in [3.8, 4) is 0 Å². The van der Waals surface area contributed by atoms with E-state index in [1.165, 1.54) is 12.8 Å². The molecule has 5 heteroatoms. The van der Waals surface area contributed by atoms with Crippen molar-refractivity contribution in [1.29, 1.82) is 0 Å². The van der Waals surface area contributed by atoms with E-state index in [4.69, 9.17) is 11.6 Å². The quantitative estimate of drug-likeness (QED) is 0.731. The van der Waals surface area contributed by atoms with Gasteiger partial charge in [0.05, 0.1) is 5.02 Å². The average molecular weight is 277 g/mol. The van der Waals surface area contributed by atoms with Crippen LogP contribution in [0.4, 0.5) is 4.39 Å². The van der Waals surface area contributed by atoms with E-state index in [0.717, 1.165) is 31.5 Å². The van der Waals surface area contributed by atoms with Crippen molar-refractivity contribution in [2.24, 2.45) is 0 Å². The molecule has 0 spiro atoms. The van der Waals surface area contributed by atoms with Crippen LogP contribution in [0.1, 0.15) is 31.2 Å². The van der Waals surface area contributed by atoms with Crippen LogP contribution in [-0.2, 0) is 5.54 Å². The van der Waals surface area contributed by atoms with Crippen LogP contribution in [0.15, 0.2) is 12.3 Å². The lowest BCUT2D eigenvalue weighted by atomic mass is 9.87. The summed E-state index contributed by atoms with van der Waals surface area (Å²) in [7, 11) is 0. The van der Waals surface area contributed by atoms with E-state index in [9.17, 15) is 4.39 Å². The Morgan fingerprint density at radius 2 is 1.94 bits per heavy atom. The zero-order valence-corrected chi connectivity index (χ0v) is 11.0. The Morgan fingerprint density at radius 3 is 2.53 bits per heavy atom. The molecule has 0 radical (unpaired) electrons. The first kappa shape index (κ1) is 13.1. The highest BCUT2D eigenvalue weighted by Crippen LogP contribution is 2.46. The first-order chi connectivity index (χ1) is 7.72. The topological polar surface area (TPSA) is 16.1 Å². The van der Waals surface area contributed by atoms with E-state index in [0.29, 0.717) is 0 Å². The predicted molar refractivity (Wildman–Crippen MR) is 68.2 cm³/mol. The maximum atomic E-state index is 13.1. The summed E-state index contributed by atoms with van der Waals surface area (Å²) in [6, 6.07) is 1.76. The van der Waals surface area contributed by atoms with Crippen LogP contribution < -0.4 is 0 Å². The monoisotopic (exact) mass is 276 g/mol. The van der Waals surface area contributed by atoms with Gasteiger partial charge in [-0.05, 0) is 50.4 Å². The number of halogens is 3. The molecule has 94 valence electrons. The van der Waals surface area contributed by atoms with Crippen LogP contribution >= 0.6 is 24.0 Å². The summed E-state index contributed by atoms with van der Waals surface area (Å²) < 4.78 is 13.1. The highest BCUT2D eigenvalue weighted by atomic mass is 35.5. The van der Waals surface area contributed by atoms with Crippen molar-refractivity contribution in [2.45, 2.75) is 31.2 Å². The van der Waals surface area contributed by atoms with Crippen LogP contribution in [0, 0.1) is 5.95 Å². The van der Waals surface area contributed by atoms with Gasteiger partial charge in [0.2, 0.25) is 5.95 Å². The molecular weight excluding hydrogens is 262 g/mol. The molecule has 0 aliphatic carbocycles. The Morgan fingerprint density at radius 1 is 1.29 bits per heavy atom. The lowest BCUT2D eigenvalue weighted by molar-refractivity contribution is 0.196. The fourth-order valence-electron chi connectivity index (χ4n) is 3.25. The van der Waals surface area contributed by atoms with Crippen molar-refractivity contribution in [1.82, 2.24) is 9.88 Å². The molecule has 2 nitrogen and oxygen atoms in total. The van der Waals surface area contributed by atoms with Gasteiger partial charge in [-0.2, -0.15) is 4.39 Å². The van der Waals surface area contributed by atoms with Gasteiger partial charge in [-0.15, -0.1) is 12.4 Å². The predicted octanol–water partition coefficient (Wildman–Crippen LogP) is 3.38. The minimum Gasteiger partial charge on any atom is -0.294 e. The Labute approximate surface area is 112 Å². The molecule has 1 aromatic rings. The van der Waals surface area contributed by atoms with Gasteiger partial charge < -0.3 is 0 Å². The molecule has 0 N–H and O–H groups in total. The lowest BCUT2D eigenvalue weighted by Gasteiger charge is -2.32. The van der Waals surface area contributed by atoms with Gasteiger partial charge in [0.1, 0.15) is 0 Å². The van der Waals surface area contributed by atoms with E-state index < -0.39 is 5.95 Å². The second kappa shape index (κ2) is 4.71. The van der Waals surface area contributed by atoms with Crippen LogP contribution in [-0.4, -0.2) is 23.0 Å². The third-order valence-corrected chi connectivity index (χ3v) is 4.24.